The van der Waals surface area contributed by atoms with Gasteiger partial charge in [-0.25, -0.2) is 8.42 Å². The normalized spacial score (nSPS) is 21.8. The number of nitrogens with zero attached hydrogens (tertiary/aromatic N) is 2. The van der Waals surface area contributed by atoms with E-state index in [0.29, 0.717) is 6.07 Å². The summed E-state index contributed by atoms with van der Waals surface area (Å²) in [5.41, 5.74) is -1.26. The average Bonchev–Trinajstić information content (AvgIpc) is 2.60. The molecule has 108 valence electrons. The molecule has 8 heteroatoms. The van der Waals surface area contributed by atoms with E-state index >= 15 is 0 Å². The van der Waals surface area contributed by atoms with Gasteiger partial charge < -0.3 is 0 Å². The van der Waals surface area contributed by atoms with E-state index in [1.54, 1.807) is 13.0 Å². The van der Waals surface area contributed by atoms with E-state index in [-0.39, 0.29) is 29.5 Å². The number of benzene rings is 1. The third-order valence-electron chi connectivity index (χ3n) is 3.02. The van der Waals surface area contributed by atoms with Gasteiger partial charge in [0.15, 0.2) is 0 Å². The molecule has 1 aliphatic rings. The van der Waals surface area contributed by atoms with Crippen molar-refractivity contribution in [2.45, 2.75) is 13.1 Å². The molecular formula is C12H11F3N2O2S. The van der Waals surface area contributed by atoms with E-state index in [1.807, 2.05) is 0 Å². The fraction of sp³-hybridized carbons (Fsp3) is 0.417. The molecule has 0 radical (unpaired) electrons. The van der Waals surface area contributed by atoms with Crippen molar-refractivity contribution in [2.24, 2.45) is 5.92 Å². The lowest BCUT2D eigenvalue weighted by molar-refractivity contribution is -0.137. The zero-order chi connectivity index (χ0) is 15.1. The van der Waals surface area contributed by atoms with Crippen molar-refractivity contribution < 1.29 is 21.6 Å². The van der Waals surface area contributed by atoms with Gasteiger partial charge in [0, 0.05) is 6.54 Å². The summed E-state index contributed by atoms with van der Waals surface area (Å²) in [6, 6.07) is 4.13. The van der Waals surface area contributed by atoms with E-state index in [4.69, 9.17) is 5.26 Å². The standard InChI is InChI=1S/C12H11F3N2O2S/c1-8-6-17(20(18,19)7-8)11-3-2-10(12(13,14)15)4-9(11)5-16/h2-4,8H,6-7H2,1H3. The Hall–Kier alpha value is -1.75. The van der Waals surface area contributed by atoms with Crippen LogP contribution in [0, 0.1) is 17.2 Å². The smallest absolute Gasteiger partial charge is 0.269 e. The third kappa shape index (κ3) is 2.58. The highest BCUT2D eigenvalue weighted by Crippen LogP contribution is 2.35. The second-order valence-electron chi connectivity index (χ2n) is 4.76. The molecule has 1 fully saturated rings. The summed E-state index contributed by atoms with van der Waals surface area (Å²) in [6.07, 6.45) is -4.57. The molecule has 20 heavy (non-hydrogen) atoms. The Morgan fingerprint density at radius 2 is 2.05 bits per heavy atom. The summed E-state index contributed by atoms with van der Waals surface area (Å²) in [6.45, 7) is 1.90. The van der Waals surface area contributed by atoms with Gasteiger partial charge in [-0.2, -0.15) is 18.4 Å². The van der Waals surface area contributed by atoms with Gasteiger partial charge in [0.05, 0.1) is 22.6 Å². The molecule has 1 atom stereocenters. The number of anilines is 1. The summed E-state index contributed by atoms with van der Waals surface area (Å²) in [5.74, 6) is -0.201. The van der Waals surface area contributed by atoms with Crippen LogP contribution in [0.2, 0.25) is 0 Å². The summed E-state index contributed by atoms with van der Waals surface area (Å²) in [5, 5.41) is 8.97. The number of halogens is 3. The molecule has 1 saturated heterocycles. The maximum Gasteiger partial charge on any atom is 0.416 e. The van der Waals surface area contributed by atoms with E-state index in [1.165, 1.54) is 0 Å². The van der Waals surface area contributed by atoms with Crippen molar-refractivity contribution in [2.75, 3.05) is 16.6 Å². The Morgan fingerprint density at radius 1 is 1.40 bits per heavy atom. The van der Waals surface area contributed by atoms with Crippen LogP contribution in [0.4, 0.5) is 18.9 Å². The number of hydrogen-bond acceptors (Lipinski definition) is 3. The van der Waals surface area contributed by atoms with Crippen molar-refractivity contribution in [3.63, 3.8) is 0 Å². The minimum absolute atomic E-state index is 0.00449. The van der Waals surface area contributed by atoms with Crippen molar-refractivity contribution in [3.8, 4) is 6.07 Å². The van der Waals surface area contributed by atoms with Gasteiger partial charge in [0.2, 0.25) is 10.0 Å². The molecule has 4 nitrogen and oxygen atoms in total. The van der Waals surface area contributed by atoms with Crippen molar-refractivity contribution in [3.05, 3.63) is 29.3 Å². The molecule has 0 bridgehead atoms. The van der Waals surface area contributed by atoms with Gasteiger partial charge in [0.1, 0.15) is 6.07 Å². The molecule has 0 aromatic heterocycles. The zero-order valence-corrected chi connectivity index (χ0v) is 11.3. The molecule has 0 amide bonds. The topological polar surface area (TPSA) is 61.2 Å². The number of sulfonamides is 1. The highest BCUT2D eigenvalue weighted by atomic mass is 32.2. The number of hydrogen-bond donors (Lipinski definition) is 0. The SMILES string of the molecule is CC1CN(c2ccc(C(F)(F)F)cc2C#N)S(=O)(=O)C1. The van der Waals surface area contributed by atoms with Crippen LogP contribution < -0.4 is 4.31 Å². The molecule has 1 unspecified atom stereocenters. The van der Waals surface area contributed by atoms with Crippen molar-refractivity contribution in [1.82, 2.24) is 0 Å². The molecular weight excluding hydrogens is 293 g/mol. The van der Waals surface area contributed by atoms with Gasteiger partial charge in [-0.05, 0) is 24.1 Å². The van der Waals surface area contributed by atoms with Gasteiger partial charge in [-0.15, -0.1) is 0 Å². The molecule has 2 rings (SSSR count). The number of nitriles is 1. The summed E-state index contributed by atoms with van der Waals surface area (Å²) in [4.78, 5) is 0. The molecule has 0 aliphatic carbocycles. The zero-order valence-electron chi connectivity index (χ0n) is 10.5. The highest BCUT2D eigenvalue weighted by molar-refractivity contribution is 7.93. The summed E-state index contributed by atoms with van der Waals surface area (Å²) < 4.78 is 62.6. The first-order valence-electron chi connectivity index (χ1n) is 5.77. The summed E-state index contributed by atoms with van der Waals surface area (Å²) in [7, 11) is -3.57. The average molecular weight is 304 g/mol. The number of rotatable bonds is 1. The van der Waals surface area contributed by atoms with Crippen LogP contribution in [0.5, 0.6) is 0 Å². The van der Waals surface area contributed by atoms with Crippen molar-refractivity contribution in [1.29, 1.82) is 5.26 Å². The summed E-state index contributed by atoms with van der Waals surface area (Å²) >= 11 is 0. The lowest BCUT2D eigenvalue weighted by Gasteiger charge is -2.19. The van der Waals surface area contributed by atoms with E-state index < -0.39 is 21.8 Å². The quantitative estimate of drug-likeness (QED) is 0.800. The predicted octanol–water partition coefficient (Wildman–Crippen LogP) is 2.36. The van der Waals surface area contributed by atoms with Crippen LogP contribution >= 0.6 is 0 Å². The van der Waals surface area contributed by atoms with E-state index in [2.05, 4.69) is 0 Å². The molecule has 0 saturated carbocycles. The third-order valence-corrected chi connectivity index (χ3v) is 5.03. The first kappa shape index (κ1) is 14.7. The lowest BCUT2D eigenvalue weighted by Crippen LogP contribution is -2.26. The van der Waals surface area contributed by atoms with Gasteiger partial charge >= 0.3 is 6.18 Å². The molecule has 1 aromatic carbocycles. The molecule has 0 N–H and O–H groups in total. The minimum atomic E-state index is -4.57. The van der Waals surface area contributed by atoms with Gasteiger partial charge in [-0.3, -0.25) is 4.31 Å². The minimum Gasteiger partial charge on any atom is -0.269 e. The van der Waals surface area contributed by atoms with Crippen LogP contribution in [0.15, 0.2) is 18.2 Å². The Kier molecular flexibility index (Phi) is 3.42. The highest BCUT2D eigenvalue weighted by Gasteiger charge is 2.36. The molecule has 1 aromatic rings. The van der Waals surface area contributed by atoms with Gasteiger partial charge in [-0.1, -0.05) is 6.92 Å². The maximum absolute atomic E-state index is 12.6. The van der Waals surface area contributed by atoms with Crippen LogP contribution in [0.1, 0.15) is 18.1 Å². The predicted molar refractivity (Wildman–Crippen MR) is 66.5 cm³/mol. The first-order valence-corrected chi connectivity index (χ1v) is 7.38. The Labute approximate surface area is 114 Å². The Balaban J connectivity index is 2.52. The number of alkyl halides is 3. The molecule has 1 heterocycles. The van der Waals surface area contributed by atoms with Crippen LogP contribution in [0.3, 0.4) is 0 Å². The lowest BCUT2D eigenvalue weighted by atomic mass is 10.1. The van der Waals surface area contributed by atoms with Crippen molar-refractivity contribution >= 4 is 15.7 Å². The second-order valence-corrected chi connectivity index (χ2v) is 6.69. The maximum atomic E-state index is 12.6. The van der Waals surface area contributed by atoms with Crippen LogP contribution in [0.25, 0.3) is 0 Å². The molecule has 0 spiro atoms. The van der Waals surface area contributed by atoms with Crippen LogP contribution in [-0.4, -0.2) is 20.7 Å². The monoisotopic (exact) mass is 304 g/mol. The largest absolute Gasteiger partial charge is 0.416 e. The van der Waals surface area contributed by atoms with Gasteiger partial charge in [0.25, 0.3) is 0 Å². The first-order chi connectivity index (χ1) is 9.15. The van der Waals surface area contributed by atoms with Crippen LogP contribution in [-0.2, 0) is 16.2 Å². The fourth-order valence-corrected chi connectivity index (χ4v) is 4.11. The van der Waals surface area contributed by atoms with E-state index in [0.717, 1.165) is 16.4 Å². The Morgan fingerprint density at radius 3 is 2.50 bits per heavy atom. The van der Waals surface area contributed by atoms with E-state index in [9.17, 15) is 21.6 Å². The second kappa shape index (κ2) is 4.66. The fourth-order valence-electron chi connectivity index (χ4n) is 2.17. The Bertz CT molecular complexity index is 677. The molecule has 1 aliphatic heterocycles.